The second-order valence-corrected chi connectivity index (χ2v) is 4.23. The van der Waals surface area contributed by atoms with E-state index in [1.165, 1.54) is 0 Å². The van der Waals surface area contributed by atoms with Crippen molar-refractivity contribution >= 4 is 0 Å². The molecule has 1 aliphatic carbocycles. The highest BCUT2D eigenvalue weighted by atomic mass is 16.3. The SMILES string of the molecule is C/C1=C/C=C/C=C/C(O)/C=C/C=C/C=C(/C)C#CC#C1. The lowest BCUT2D eigenvalue weighted by Crippen LogP contribution is -1.94. The van der Waals surface area contributed by atoms with Crippen LogP contribution in [0.15, 0.2) is 71.9 Å². The molecule has 0 aromatic rings. The molecule has 0 aliphatic heterocycles. The summed E-state index contributed by atoms with van der Waals surface area (Å²) in [6.45, 7) is 3.86. The lowest BCUT2D eigenvalue weighted by atomic mass is 10.2. The van der Waals surface area contributed by atoms with Crippen LogP contribution < -0.4 is 0 Å². The lowest BCUT2D eigenvalue weighted by Gasteiger charge is -1.93. The highest BCUT2D eigenvalue weighted by Gasteiger charge is 1.87. The van der Waals surface area contributed by atoms with Crippen molar-refractivity contribution < 1.29 is 5.11 Å². The molecule has 1 aliphatic rings. The maximum absolute atomic E-state index is 9.65. The molecule has 0 radical (unpaired) electrons. The summed E-state index contributed by atoms with van der Waals surface area (Å²) in [5, 5.41) is 9.65. The average Bonchev–Trinajstić information content (AvgIpc) is 2.42. The van der Waals surface area contributed by atoms with E-state index < -0.39 is 6.10 Å². The van der Waals surface area contributed by atoms with Crippen LogP contribution in [0, 0.1) is 23.7 Å². The van der Waals surface area contributed by atoms with Crippen molar-refractivity contribution in [2.45, 2.75) is 20.0 Å². The van der Waals surface area contributed by atoms with Gasteiger partial charge in [0, 0.05) is 0 Å². The molecule has 0 unspecified atom stereocenters. The highest BCUT2D eigenvalue weighted by molar-refractivity contribution is 5.42. The Kier molecular flexibility index (Phi) is 7.36. The van der Waals surface area contributed by atoms with Crippen LogP contribution in [0.4, 0.5) is 0 Å². The lowest BCUT2D eigenvalue weighted by molar-refractivity contribution is 0.271. The summed E-state index contributed by atoms with van der Waals surface area (Å²) in [5.74, 6) is 11.6. The van der Waals surface area contributed by atoms with Crippen molar-refractivity contribution in [1.82, 2.24) is 0 Å². The Labute approximate surface area is 121 Å². The van der Waals surface area contributed by atoms with E-state index in [-0.39, 0.29) is 0 Å². The highest BCUT2D eigenvalue weighted by Crippen LogP contribution is 1.95. The van der Waals surface area contributed by atoms with E-state index in [9.17, 15) is 5.11 Å². The molecule has 20 heavy (non-hydrogen) atoms. The maximum Gasteiger partial charge on any atom is 0.0908 e. The molecule has 1 nitrogen and oxygen atoms in total. The number of aliphatic hydroxyl groups excluding tert-OH is 1. The molecule has 0 aromatic carbocycles. The van der Waals surface area contributed by atoms with Gasteiger partial charge >= 0.3 is 0 Å². The number of hydrogen-bond acceptors (Lipinski definition) is 1. The second kappa shape index (κ2) is 9.45. The maximum atomic E-state index is 9.65. The van der Waals surface area contributed by atoms with Crippen molar-refractivity contribution in [1.29, 1.82) is 0 Å². The minimum Gasteiger partial charge on any atom is -0.385 e. The van der Waals surface area contributed by atoms with Gasteiger partial charge in [-0.3, -0.25) is 0 Å². The third-order valence-electron chi connectivity index (χ3n) is 2.34. The molecule has 1 rings (SSSR count). The number of allylic oxidation sites excluding steroid dienone is 10. The van der Waals surface area contributed by atoms with Crippen molar-refractivity contribution in [2.24, 2.45) is 0 Å². The summed E-state index contributed by atoms with van der Waals surface area (Å²) in [6.07, 6.45) is 17.7. The van der Waals surface area contributed by atoms with Crippen molar-refractivity contribution in [3.05, 3.63) is 71.9 Å². The smallest absolute Gasteiger partial charge is 0.0908 e. The van der Waals surface area contributed by atoms with Crippen LogP contribution in [-0.2, 0) is 0 Å². The second-order valence-electron chi connectivity index (χ2n) is 4.23. The van der Waals surface area contributed by atoms with Gasteiger partial charge in [0.25, 0.3) is 0 Å². The molecule has 0 fully saturated rings. The summed E-state index contributed by atoms with van der Waals surface area (Å²) in [6, 6.07) is 0. The van der Waals surface area contributed by atoms with Crippen molar-refractivity contribution in [2.75, 3.05) is 0 Å². The predicted molar refractivity (Wildman–Crippen MR) is 85.6 cm³/mol. The predicted octanol–water partition coefficient (Wildman–Crippen LogP) is 3.49. The zero-order valence-corrected chi connectivity index (χ0v) is 11.8. The van der Waals surface area contributed by atoms with Gasteiger partial charge < -0.3 is 5.11 Å². The van der Waals surface area contributed by atoms with Gasteiger partial charge in [-0.25, -0.2) is 0 Å². The number of hydrogen-bond donors (Lipinski definition) is 1. The minimum absolute atomic E-state index is 0.588. The van der Waals surface area contributed by atoms with Gasteiger partial charge in [-0.15, -0.1) is 0 Å². The molecule has 100 valence electrons. The monoisotopic (exact) mass is 262 g/mol. The Morgan fingerprint density at radius 2 is 1.20 bits per heavy atom. The zero-order chi connectivity index (χ0) is 14.6. The van der Waals surface area contributed by atoms with Gasteiger partial charge in [0.2, 0.25) is 0 Å². The number of aliphatic hydroxyl groups is 1. The Bertz CT molecular complexity index is 558. The average molecular weight is 262 g/mol. The van der Waals surface area contributed by atoms with Crippen LogP contribution in [0.3, 0.4) is 0 Å². The molecule has 0 saturated carbocycles. The molecule has 0 aromatic heterocycles. The fourth-order valence-corrected chi connectivity index (χ4v) is 1.29. The van der Waals surface area contributed by atoms with Crippen molar-refractivity contribution in [3.8, 4) is 23.7 Å². The Morgan fingerprint density at radius 1 is 0.750 bits per heavy atom. The molecule has 0 heterocycles. The molecular weight excluding hydrogens is 244 g/mol. The van der Waals surface area contributed by atoms with Crippen molar-refractivity contribution in [3.63, 3.8) is 0 Å². The van der Waals surface area contributed by atoms with E-state index in [2.05, 4.69) is 23.7 Å². The summed E-state index contributed by atoms with van der Waals surface area (Å²) in [7, 11) is 0. The van der Waals surface area contributed by atoms with E-state index in [1.54, 1.807) is 24.3 Å². The van der Waals surface area contributed by atoms with E-state index >= 15 is 0 Å². The van der Waals surface area contributed by atoms with E-state index in [1.807, 2.05) is 50.3 Å². The van der Waals surface area contributed by atoms with Gasteiger partial charge in [0.1, 0.15) is 0 Å². The third kappa shape index (κ3) is 7.77. The number of rotatable bonds is 0. The van der Waals surface area contributed by atoms with Gasteiger partial charge in [-0.1, -0.05) is 72.6 Å². The molecule has 0 spiro atoms. The van der Waals surface area contributed by atoms with Crippen LogP contribution in [0.5, 0.6) is 0 Å². The normalized spacial score (nSPS) is 27.9. The Hall–Kier alpha value is -2.48. The van der Waals surface area contributed by atoms with Crippen LogP contribution in [0.1, 0.15) is 13.8 Å². The standard InChI is InChI=1S/C19H18O/c1-17-11-5-3-7-15-19(20)16-8-4-6-12-18(2)14-10-9-13-17/h3-8,11-12,15-16,19-20H,1-2H3/b5-3+,6-4+,15-7+,16-8+,17-11-,18-12-. The first-order valence-electron chi connectivity index (χ1n) is 6.42. The first-order chi connectivity index (χ1) is 9.68. The van der Waals surface area contributed by atoms with Crippen LogP contribution >= 0.6 is 0 Å². The summed E-state index contributed by atoms with van der Waals surface area (Å²) in [4.78, 5) is 0. The molecule has 0 amide bonds. The summed E-state index contributed by atoms with van der Waals surface area (Å²) in [5.41, 5.74) is 1.88. The topological polar surface area (TPSA) is 20.2 Å². The third-order valence-corrected chi connectivity index (χ3v) is 2.34. The van der Waals surface area contributed by atoms with E-state index in [0.29, 0.717) is 0 Å². The molecular formula is C19H18O. The van der Waals surface area contributed by atoms with Crippen LogP contribution in [0.2, 0.25) is 0 Å². The van der Waals surface area contributed by atoms with Crippen LogP contribution in [-0.4, -0.2) is 11.2 Å². The molecule has 1 heteroatoms. The Morgan fingerprint density at radius 3 is 1.65 bits per heavy atom. The zero-order valence-electron chi connectivity index (χ0n) is 11.8. The van der Waals surface area contributed by atoms with E-state index in [0.717, 1.165) is 11.1 Å². The Balaban J connectivity index is 2.99. The molecule has 1 N–H and O–H groups in total. The van der Waals surface area contributed by atoms with E-state index in [4.69, 9.17) is 0 Å². The quantitative estimate of drug-likeness (QED) is 0.663. The molecule has 0 saturated heterocycles. The minimum atomic E-state index is -0.588. The molecule has 0 atom stereocenters. The fourth-order valence-electron chi connectivity index (χ4n) is 1.29. The largest absolute Gasteiger partial charge is 0.385 e. The van der Waals surface area contributed by atoms with Gasteiger partial charge in [0.05, 0.1) is 6.10 Å². The fraction of sp³-hybridized carbons (Fsp3) is 0.158. The first-order valence-corrected chi connectivity index (χ1v) is 6.42. The van der Waals surface area contributed by atoms with Gasteiger partial charge in [-0.05, 0) is 36.8 Å². The summed E-state index contributed by atoms with van der Waals surface area (Å²) >= 11 is 0. The molecule has 0 bridgehead atoms. The first kappa shape index (κ1) is 15.6. The van der Waals surface area contributed by atoms with Crippen LogP contribution in [0.25, 0.3) is 0 Å². The van der Waals surface area contributed by atoms with Gasteiger partial charge in [-0.2, -0.15) is 0 Å². The van der Waals surface area contributed by atoms with Gasteiger partial charge in [0.15, 0.2) is 0 Å². The summed E-state index contributed by atoms with van der Waals surface area (Å²) < 4.78 is 0.